The van der Waals surface area contributed by atoms with Gasteiger partial charge in [-0.25, -0.2) is 4.79 Å². The van der Waals surface area contributed by atoms with E-state index in [2.05, 4.69) is 0 Å². The minimum absolute atomic E-state index is 0.00347. The van der Waals surface area contributed by atoms with E-state index < -0.39 is 0 Å². The number of hydrogen-bond donors (Lipinski definition) is 0. The lowest BCUT2D eigenvalue weighted by molar-refractivity contribution is -0.141. The fourth-order valence-electron chi connectivity index (χ4n) is 3.19. The fraction of sp³-hybridized carbons (Fsp3) is 0.789. The Hall–Kier alpha value is -1.92. The predicted molar refractivity (Wildman–Crippen MR) is 99.2 cm³/mol. The van der Waals surface area contributed by atoms with Crippen molar-refractivity contribution in [1.29, 1.82) is 0 Å². The lowest BCUT2D eigenvalue weighted by Gasteiger charge is -2.22. The third-order valence-corrected chi connectivity index (χ3v) is 4.70. The van der Waals surface area contributed by atoms with Crippen molar-refractivity contribution in [3.8, 4) is 0 Å². The molecule has 7 nitrogen and oxygen atoms in total. The molecule has 148 valence electrons. The van der Waals surface area contributed by atoms with Crippen molar-refractivity contribution < 1.29 is 19.2 Å². The van der Waals surface area contributed by atoms with Gasteiger partial charge in [-0.2, -0.15) is 0 Å². The lowest BCUT2D eigenvalue weighted by Crippen LogP contribution is -2.39. The quantitative estimate of drug-likeness (QED) is 0.565. The molecule has 7 heteroatoms. The number of urea groups is 1. The molecule has 2 aliphatic heterocycles. The number of rotatable bonds is 4. The zero-order chi connectivity index (χ0) is 20.3. The van der Waals surface area contributed by atoms with Crippen molar-refractivity contribution in [2.75, 3.05) is 6.54 Å². The normalized spacial score (nSPS) is 21.1. The number of carbonyl (C=O) groups excluding carboxylic acids is 4. The molecule has 1 unspecified atom stereocenters. The third kappa shape index (κ3) is 4.62. The molecular weight excluding hydrogens is 334 g/mol. The third-order valence-electron chi connectivity index (χ3n) is 4.70. The van der Waals surface area contributed by atoms with E-state index in [9.17, 15) is 19.2 Å². The summed E-state index contributed by atoms with van der Waals surface area (Å²) in [6, 6.07) is -0.0947. The standard InChI is InChI=1S/C10H17NO2.C9H16N2O2/c1-6(2)8-5-9(12)11(7(3)4)10(8)13;1-6(2)10-5-8(12)11(7(3)4)9(10)13/h6-8H,5H2,1-4H3;6-7H,5H2,1-4H3. The number of nitrogens with zero attached hydrogens (tertiary/aromatic N) is 3. The van der Waals surface area contributed by atoms with Gasteiger partial charge in [-0.3, -0.25) is 24.2 Å². The summed E-state index contributed by atoms with van der Waals surface area (Å²) in [5.41, 5.74) is 0. The number of carbonyl (C=O) groups is 4. The van der Waals surface area contributed by atoms with Gasteiger partial charge in [-0.15, -0.1) is 0 Å². The van der Waals surface area contributed by atoms with Gasteiger partial charge in [0.05, 0.1) is 0 Å². The van der Waals surface area contributed by atoms with Gasteiger partial charge < -0.3 is 4.90 Å². The molecule has 26 heavy (non-hydrogen) atoms. The average Bonchev–Trinajstić information content (AvgIpc) is 2.95. The highest BCUT2D eigenvalue weighted by Gasteiger charge is 2.41. The summed E-state index contributed by atoms with van der Waals surface area (Å²) >= 11 is 0. The smallest absolute Gasteiger partial charge is 0.313 e. The SMILES string of the molecule is CC(C)C1CC(=O)N(C(C)C)C1=O.CC(C)N1CC(=O)N(C(C)C)C1=O. The summed E-state index contributed by atoms with van der Waals surface area (Å²) in [6.07, 6.45) is 0.397. The van der Waals surface area contributed by atoms with Crippen LogP contribution >= 0.6 is 0 Å². The summed E-state index contributed by atoms with van der Waals surface area (Å²) < 4.78 is 0. The number of likely N-dealkylation sites (tertiary alicyclic amines) is 1. The molecule has 0 saturated carbocycles. The van der Waals surface area contributed by atoms with E-state index in [1.807, 2.05) is 55.4 Å². The van der Waals surface area contributed by atoms with Crippen molar-refractivity contribution in [2.45, 2.75) is 79.9 Å². The molecule has 2 fully saturated rings. The summed E-state index contributed by atoms with van der Waals surface area (Å²) in [5.74, 6) is 0.0810. The van der Waals surface area contributed by atoms with Gasteiger partial charge in [0.25, 0.3) is 5.91 Å². The molecular formula is C19H33N3O4. The van der Waals surface area contributed by atoms with Crippen LogP contribution in [0.25, 0.3) is 0 Å². The van der Waals surface area contributed by atoms with Crippen LogP contribution in [0.3, 0.4) is 0 Å². The Kier molecular flexibility index (Phi) is 7.35. The number of amides is 5. The number of imide groups is 2. The van der Waals surface area contributed by atoms with Gasteiger partial charge in [0.1, 0.15) is 6.54 Å². The van der Waals surface area contributed by atoms with Gasteiger partial charge in [0.15, 0.2) is 0 Å². The Balaban J connectivity index is 0.000000260. The van der Waals surface area contributed by atoms with Crippen LogP contribution in [0.2, 0.25) is 0 Å². The maximum absolute atomic E-state index is 11.7. The summed E-state index contributed by atoms with van der Waals surface area (Å²) in [7, 11) is 0. The molecule has 0 aliphatic carbocycles. The Morgan fingerprint density at radius 2 is 1.23 bits per heavy atom. The summed E-state index contributed by atoms with van der Waals surface area (Å²) in [5, 5.41) is 0. The van der Waals surface area contributed by atoms with Crippen LogP contribution in [-0.2, 0) is 14.4 Å². The molecule has 0 aromatic carbocycles. The molecule has 5 amide bonds. The van der Waals surface area contributed by atoms with E-state index in [0.717, 1.165) is 0 Å². The Morgan fingerprint density at radius 1 is 0.731 bits per heavy atom. The van der Waals surface area contributed by atoms with Crippen molar-refractivity contribution in [3.63, 3.8) is 0 Å². The highest BCUT2D eigenvalue weighted by atomic mass is 16.2. The first kappa shape index (κ1) is 22.1. The molecule has 2 aliphatic rings. The van der Waals surface area contributed by atoms with Gasteiger partial charge in [0.2, 0.25) is 11.8 Å². The van der Waals surface area contributed by atoms with Gasteiger partial charge in [-0.05, 0) is 47.5 Å². The van der Waals surface area contributed by atoms with Crippen LogP contribution in [-0.4, -0.2) is 63.1 Å². The second-order valence-corrected chi connectivity index (χ2v) is 8.11. The molecule has 0 spiro atoms. The minimum Gasteiger partial charge on any atom is -0.313 e. The highest BCUT2D eigenvalue weighted by Crippen LogP contribution is 2.27. The van der Waals surface area contributed by atoms with Crippen molar-refractivity contribution in [2.24, 2.45) is 11.8 Å². The lowest BCUT2D eigenvalue weighted by atomic mass is 9.94. The molecule has 2 heterocycles. The monoisotopic (exact) mass is 367 g/mol. The topological polar surface area (TPSA) is 78.0 Å². The molecule has 0 bridgehead atoms. The van der Waals surface area contributed by atoms with E-state index in [4.69, 9.17) is 0 Å². The van der Waals surface area contributed by atoms with E-state index in [-0.39, 0.29) is 60.3 Å². The largest absolute Gasteiger partial charge is 0.327 e. The maximum atomic E-state index is 11.7. The fourth-order valence-corrected chi connectivity index (χ4v) is 3.19. The first-order chi connectivity index (χ1) is 11.9. The van der Waals surface area contributed by atoms with Gasteiger partial charge >= 0.3 is 6.03 Å². The maximum Gasteiger partial charge on any atom is 0.327 e. The molecule has 0 aromatic heterocycles. The van der Waals surface area contributed by atoms with Crippen molar-refractivity contribution >= 4 is 23.8 Å². The number of hydrogen-bond acceptors (Lipinski definition) is 4. The average molecular weight is 367 g/mol. The molecule has 0 radical (unpaired) electrons. The van der Waals surface area contributed by atoms with Crippen LogP contribution in [0.4, 0.5) is 4.79 Å². The van der Waals surface area contributed by atoms with E-state index in [1.54, 1.807) is 4.90 Å². The molecule has 0 N–H and O–H groups in total. The minimum atomic E-state index is -0.157. The predicted octanol–water partition coefficient (Wildman–Crippen LogP) is 2.49. The van der Waals surface area contributed by atoms with Crippen LogP contribution in [0.5, 0.6) is 0 Å². The van der Waals surface area contributed by atoms with E-state index in [1.165, 1.54) is 9.80 Å². The Morgan fingerprint density at radius 3 is 1.46 bits per heavy atom. The van der Waals surface area contributed by atoms with Crippen LogP contribution in [0.15, 0.2) is 0 Å². The van der Waals surface area contributed by atoms with Gasteiger partial charge in [0, 0.05) is 30.5 Å². The highest BCUT2D eigenvalue weighted by molar-refractivity contribution is 6.04. The zero-order valence-electron chi connectivity index (χ0n) is 17.3. The van der Waals surface area contributed by atoms with Crippen LogP contribution in [0.1, 0.15) is 61.8 Å². The molecule has 2 rings (SSSR count). The Labute approximate surface area is 156 Å². The van der Waals surface area contributed by atoms with Gasteiger partial charge in [-0.1, -0.05) is 13.8 Å². The second kappa shape index (κ2) is 8.64. The molecule has 1 atom stereocenters. The van der Waals surface area contributed by atoms with Crippen LogP contribution < -0.4 is 0 Å². The summed E-state index contributed by atoms with van der Waals surface area (Å²) in [6.45, 7) is 15.5. The van der Waals surface area contributed by atoms with Crippen LogP contribution in [0, 0.1) is 11.8 Å². The Bertz CT molecular complexity index is 519. The first-order valence-electron chi connectivity index (χ1n) is 9.38. The van der Waals surface area contributed by atoms with Crippen molar-refractivity contribution in [1.82, 2.24) is 14.7 Å². The summed E-state index contributed by atoms with van der Waals surface area (Å²) in [4.78, 5) is 50.5. The van der Waals surface area contributed by atoms with E-state index >= 15 is 0 Å². The van der Waals surface area contributed by atoms with E-state index in [0.29, 0.717) is 6.42 Å². The molecule has 0 aromatic rings. The molecule has 2 saturated heterocycles. The zero-order valence-corrected chi connectivity index (χ0v) is 17.3. The van der Waals surface area contributed by atoms with Crippen molar-refractivity contribution in [3.05, 3.63) is 0 Å². The second-order valence-electron chi connectivity index (χ2n) is 8.11. The first-order valence-corrected chi connectivity index (χ1v) is 9.38.